The maximum absolute atomic E-state index is 12.1. The number of carbonyl (C=O) groups is 1. The summed E-state index contributed by atoms with van der Waals surface area (Å²) in [5.41, 5.74) is 1.60. The normalized spacial score (nSPS) is 12.2. The summed E-state index contributed by atoms with van der Waals surface area (Å²) < 4.78 is 0. The summed E-state index contributed by atoms with van der Waals surface area (Å²) in [7, 11) is 0. The molecule has 1 atom stereocenters. The molecule has 0 aliphatic carbocycles. The third-order valence-corrected chi connectivity index (χ3v) is 4.04. The molecule has 0 saturated heterocycles. The van der Waals surface area contributed by atoms with Crippen molar-refractivity contribution in [3.05, 3.63) is 40.9 Å². The molecule has 0 saturated carbocycles. The molecular formula is C15H18N2OS. The van der Waals surface area contributed by atoms with Crippen molar-refractivity contribution in [2.45, 2.75) is 33.2 Å². The first-order chi connectivity index (χ1) is 9.11. The Morgan fingerprint density at radius 1 is 1.37 bits per heavy atom. The minimum atomic E-state index is -0.0784. The predicted octanol–water partition coefficient (Wildman–Crippen LogP) is 3.65. The monoisotopic (exact) mass is 274 g/mol. The van der Waals surface area contributed by atoms with E-state index in [1.54, 1.807) is 11.3 Å². The lowest BCUT2D eigenvalue weighted by molar-refractivity contribution is 0.0934. The lowest BCUT2D eigenvalue weighted by atomic mass is 10.2. The maximum atomic E-state index is 12.1. The Morgan fingerprint density at radius 3 is 2.68 bits per heavy atom. The highest BCUT2D eigenvalue weighted by Crippen LogP contribution is 2.27. The molecule has 1 aromatic heterocycles. The lowest BCUT2D eigenvalue weighted by Crippen LogP contribution is -2.32. The van der Waals surface area contributed by atoms with Crippen LogP contribution in [0.3, 0.4) is 0 Å². The van der Waals surface area contributed by atoms with E-state index in [0.717, 1.165) is 21.9 Å². The van der Waals surface area contributed by atoms with Gasteiger partial charge in [-0.1, -0.05) is 37.3 Å². The van der Waals surface area contributed by atoms with Gasteiger partial charge in [-0.15, -0.1) is 11.3 Å². The lowest BCUT2D eigenvalue weighted by Gasteiger charge is -2.09. The Bertz CT molecular complexity index is 563. The van der Waals surface area contributed by atoms with E-state index in [1.165, 1.54) is 0 Å². The standard InChI is InChI=1S/C15H18N2OS/c1-4-10(2)16-14(18)13-11(3)19-15(17-13)12-8-6-5-7-9-12/h5-10H,4H2,1-3H3,(H,16,18). The van der Waals surface area contributed by atoms with Crippen molar-refractivity contribution in [2.24, 2.45) is 0 Å². The summed E-state index contributed by atoms with van der Waals surface area (Å²) >= 11 is 1.56. The molecule has 1 heterocycles. The molecule has 0 bridgehead atoms. The number of hydrogen-bond acceptors (Lipinski definition) is 3. The van der Waals surface area contributed by atoms with Crippen molar-refractivity contribution in [1.29, 1.82) is 0 Å². The first-order valence-electron chi connectivity index (χ1n) is 6.45. The number of rotatable bonds is 4. The Hall–Kier alpha value is -1.68. The zero-order chi connectivity index (χ0) is 13.8. The van der Waals surface area contributed by atoms with E-state index in [1.807, 2.05) is 51.1 Å². The average Bonchev–Trinajstić information content (AvgIpc) is 2.81. The predicted molar refractivity (Wildman–Crippen MR) is 79.5 cm³/mol. The number of aromatic nitrogens is 1. The number of nitrogens with zero attached hydrogens (tertiary/aromatic N) is 1. The Balaban J connectivity index is 2.24. The van der Waals surface area contributed by atoms with Gasteiger partial charge in [0.2, 0.25) is 0 Å². The Kier molecular flexibility index (Phi) is 4.32. The summed E-state index contributed by atoms with van der Waals surface area (Å²) in [6.45, 7) is 5.99. The first kappa shape index (κ1) is 13.7. The van der Waals surface area contributed by atoms with E-state index in [2.05, 4.69) is 10.3 Å². The second-order valence-corrected chi connectivity index (χ2v) is 5.78. The summed E-state index contributed by atoms with van der Waals surface area (Å²) in [5, 5.41) is 3.85. The molecule has 0 aliphatic rings. The largest absolute Gasteiger partial charge is 0.348 e. The van der Waals surface area contributed by atoms with Crippen LogP contribution in [0.1, 0.15) is 35.6 Å². The summed E-state index contributed by atoms with van der Waals surface area (Å²) in [5.74, 6) is -0.0784. The van der Waals surface area contributed by atoms with Gasteiger partial charge in [0.15, 0.2) is 0 Å². The number of benzene rings is 1. The van der Waals surface area contributed by atoms with Crippen LogP contribution in [-0.2, 0) is 0 Å². The highest BCUT2D eigenvalue weighted by Gasteiger charge is 2.17. The van der Waals surface area contributed by atoms with E-state index in [-0.39, 0.29) is 11.9 Å². The van der Waals surface area contributed by atoms with E-state index in [9.17, 15) is 4.79 Å². The Morgan fingerprint density at radius 2 is 2.05 bits per heavy atom. The molecule has 2 aromatic rings. The second kappa shape index (κ2) is 5.97. The van der Waals surface area contributed by atoms with E-state index < -0.39 is 0 Å². The number of aryl methyl sites for hydroxylation is 1. The fraction of sp³-hybridized carbons (Fsp3) is 0.333. The molecule has 0 aliphatic heterocycles. The third kappa shape index (κ3) is 3.20. The van der Waals surface area contributed by atoms with Crippen LogP contribution in [0.15, 0.2) is 30.3 Å². The van der Waals surface area contributed by atoms with Crippen molar-refractivity contribution in [1.82, 2.24) is 10.3 Å². The molecule has 4 heteroatoms. The number of nitrogens with one attached hydrogen (secondary N) is 1. The van der Waals surface area contributed by atoms with Gasteiger partial charge in [-0.05, 0) is 20.3 Å². The van der Waals surface area contributed by atoms with Gasteiger partial charge in [0.25, 0.3) is 5.91 Å². The second-order valence-electron chi connectivity index (χ2n) is 4.57. The van der Waals surface area contributed by atoms with Crippen molar-refractivity contribution < 1.29 is 4.79 Å². The van der Waals surface area contributed by atoms with Gasteiger partial charge >= 0.3 is 0 Å². The summed E-state index contributed by atoms with van der Waals surface area (Å²) in [6, 6.07) is 10.1. The fourth-order valence-electron chi connectivity index (χ4n) is 1.71. The van der Waals surface area contributed by atoms with E-state index in [4.69, 9.17) is 0 Å². The smallest absolute Gasteiger partial charge is 0.271 e. The minimum absolute atomic E-state index is 0.0784. The van der Waals surface area contributed by atoms with E-state index in [0.29, 0.717) is 5.69 Å². The molecule has 3 nitrogen and oxygen atoms in total. The highest BCUT2D eigenvalue weighted by molar-refractivity contribution is 7.15. The molecule has 1 unspecified atom stereocenters. The van der Waals surface area contributed by atoms with Crippen molar-refractivity contribution in [3.63, 3.8) is 0 Å². The molecule has 2 rings (SSSR count). The molecule has 19 heavy (non-hydrogen) atoms. The molecule has 100 valence electrons. The van der Waals surface area contributed by atoms with Gasteiger partial charge in [-0.25, -0.2) is 4.98 Å². The Labute approximate surface area is 117 Å². The zero-order valence-corrected chi connectivity index (χ0v) is 12.3. The van der Waals surface area contributed by atoms with Crippen LogP contribution in [0.2, 0.25) is 0 Å². The van der Waals surface area contributed by atoms with Crippen LogP contribution < -0.4 is 5.32 Å². The number of hydrogen-bond donors (Lipinski definition) is 1. The first-order valence-corrected chi connectivity index (χ1v) is 7.27. The van der Waals surface area contributed by atoms with Gasteiger partial charge < -0.3 is 5.32 Å². The number of thiazole rings is 1. The van der Waals surface area contributed by atoms with Gasteiger partial charge in [0.1, 0.15) is 10.7 Å². The van der Waals surface area contributed by atoms with Gasteiger partial charge in [0, 0.05) is 16.5 Å². The van der Waals surface area contributed by atoms with Gasteiger partial charge in [-0.2, -0.15) is 0 Å². The summed E-state index contributed by atoms with van der Waals surface area (Å²) in [4.78, 5) is 17.5. The molecule has 1 amide bonds. The zero-order valence-electron chi connectivity index (χ0n) is 11.4. The van der Waals surface area contributed by atoms with Crippen LogP contribution >= 0.6 is 11.3 Å². The van der Waals surface area contributed by atoms with Crippen LogP contribution in [0.4, 0.5) is 0 Å². The van der Waals surface area contributed by atoms with Crippen molar-refractivity contribution in [2.75, 3.05) is 0 Å². The molecule has 1 N–H and O–H groups in total. The molecule has 0 fully saturated rings. The quantitative estimate of drug-likeness (QED) is 0.924. The molecule has 0 spiro atoms. The SMILES string of the molecule is CCC(C)NC(=O)c1nc(-c2ccccc2)sc1C. The van der Waals surface area contributed by atoms with E-state index >= 15 is 0 Å². The molecule has 0 radical (unpaired) electrons. The van der Waals surface area contributed by atoms with Crippen molar-refractivity contribution in [3.8, 4) is 10.6 Å². The number of amides is 1. The van der Waals surface area contributed by atoms with Crippen LogP contribution in [0.25, 0.3) is 10.6 Å². The maximum Gasteiger partial charge on any atom is 0.271 e. The van der Waals surface area contributed by atoms with Crippen LogP contribution in [0, 0.1) is 6.92 Å². The molecular weight excluding hydrogens is 256 g/mol. The van der Waals surface area contributed by atoms with Gasteiger partial charge in [-0.3, -0.25) is 4.79 Å². The third-order valence-electron chi connectivity index (χ3n) is 3.02. The molecule has 1 aromatic carbocycles. The summed E-state index contributed by atoms with van der Waals surface area (Å²) in [6.07, 6.45) is 0.917. The van der Waals surface area contributed by atoms with Crippen molar-refractivity contribution >= 4 is 17.2 Å². The van der Waals surface area contributed by atoms with Crippen LogP contribution in [-0.4, -0.2) is 16.9 Å². The minimum Gasteiger partial charge on any atom is -0.348 e. The van der Waals surface area contributed by atoms with Crippen LogP contribution in [0.5, 0.6) is 0 Å². The number of carbonyl (C=O) groups excluding carboxylic acids is 1. The topological polar surface area (TPSA) is 42.0 Å². The highest BCUT2D eigenvalue weighted by atomic mass is 32.1. The van der Waals surface area contributed by atoms with Gasteiger partial charge in [0.05, 0.1) is 0 Å². The fourth-order valence-corrected chi connectivity index (χ4v) is 2.62. The average molecular weight is 274 g/mol.